The number of carbonyl (C=O) groups is 2. The van der Waals surface area contributed by atoms with E-state index in [4.69, 9.17) is 20.3 Å². The Morgan fingerprint density at radius 1 is 0.520 bits per heavy atom. The average Bonchev–Trinajstić information content (AvgIpc) is 3.10. The normalized spacial score (nSPS) is 11.1. The number of esters is 2. The highest BCUT2D eigenvalue weighted by atomic mass is 32.2. The number of ether oxygens (including phenoxy) is 2. The van der Waals surface area contributed by atoms with Crippen molar-refractivity contribution in [3.05, 3.63) is 0 Å². The molecule has 0 unspecified atom stereocenters. The lowest BCUT2D eigenvalue weighted by Crippen LogP contribution is -2.30. The summed E-state index contributed by atoms with van der Waals surface area (Å²) in [5.41, 5.74) is 0. The second-order valence-corrected chi connectivity index (χ2v) is 15.9. The molecule has 0 bridgehead atoms. The highest BCUT2D eigenvalue weighted by Gasteiger charge is 2.06. The second kappa shape index (κ2) is 38.8. The number of hydrogen-bond donors (Lipinski definition) is 4. The molecule has 0 aliphatic rings. The Kier molecular flexibility index (Phi) is 37.6. The van der Waals surface area contributed by atoms with Gasteiger partial charge in [0.1, 0.15) is 0 Å². The Labute approximate surface area is 316 Å². The van der Waals surface area contributed by atoms with Crippen molar-refractivity contribution in [2.75, 3.05) is 69.5 Å². The Morgan fingerprint density at radius 3 is 1.30 bits per heavy atom. The van der Waals surface area contributed by atoms with Gasteiger partial charge >= 0.3 is 11.9 Å². The first-order valence-corrected chi connectivity index (χ1v) is 22.5. The van der Waals surface area contributed by atoms with E-state index in [1.165, 1.54) is 64.2 Å². The molecule has 9 nitrogen and oxygen atoms in total. The molecule has 0 amide bonds. The van der Waals surface area contributed by atoms with E-state index in [0.717, 1.165) is 113 Å². The van der Waals surface area contributed by atoms with E-state index < -0.39 is 0 Å². The predicted molar refractivity (Wildman–Crippen MR) is 218 cm³/mol. The Bertz CT molecular complexity index is 757. The Hall–Kier alpha value is -1.46. The van der Waals surface area contributed by atoms with E-state index in [-0.39, 0.29) is 11.9 Å². The van der Waals surface area contributed by atoms with Crippen LogP contribution in [-0.2, 0) is 19.1 Å². The van der Waals surface area contributed by atoms with Gasteiger partial charge in [-0.2, -0.15) is 23.5 Å². The van der Waals surface area contributed by atoms with E-state index in [1.54, 1.807) is 23.5 Å². The van der Waals surface area contributed by atoms with Crippen molar-refractivity contribution in [1.82, 2.24) is 15.5 Å². The molecule has 0 saturated heterocycles. The summed E-state index contributed by atoms with van der Waals surface area (Å²) in [5.74, 6) is 4.53. The van der Waals surface area contributed by atoms with Crippen molar-refractivity contribution in [3.8, 4) is 0 Å². The highest BCUT2D eigenvalue weighted by Crippen LogP contribution is 2.11. The summed E-state index contributed by atoms with van der Waals surface area (Å²) in [6.07, 6.45) is 23.5. The van der Waals surface area contributed by atoms with E-state index in [9.17, 15) is 9.59 Å². The Balaban J connectivity index is 3.48. The maximum Gasteiger partial charge on any atom is 0.306 e. The molecule has 50 heavy (non-hydrogen) atoms. The van der Waals surface area contributed by atoms with E-state index in [2.05, 4.69) is 36.4 Å². The molecule has 4 N–H and O–H groups in total. The molecule has 0 spiro atoms. The topological polar surface area (TPSA) is 128 Å². The van der Waals surface area contributed by atoms with Crippen molar-refractivity contribution in [3.63, 3.8) is 0 Å². The van der Waals surface area contributed by atoms with Gasteiger partial charge in [-0.1, -0.05) is 90.9 Å². The summed E-state index contributed by atoms with van der Waals surface area (Å²) >= 11 is 3.54. The number of nitrogens with one attached hydrogen (secondary N) is 4. The number of rotatable bonds is 38. The average molecular weight is 744 g/mol. The summed E-state index contributed by atoms with van der Waals surface area (Å²) in [5, 5.41) is 22.8. The molecular formula is C39H77N5O4S2. The third-order valence-corrected chi connectivity index (χ3v) is 10.6. The molecule has 0 fully saturated rings. The predicted octanol–water partition coefficient (Wildman–Crippen LogP) is 9.23. The molecule has 0 heterocycles. The van der Waals surface area contributed by atoms with E-state index >= 15 is 0 Å². The van der Waals surface area contributed by atoms with Gasteiger partial charge in [-0.05, 0) is 70.2 Å². The van der Waals surface area contributed by atoms with Crippen molar-refractivity contribution in [2.45, 2.75) is 155 Å². The molecule has 0 rings (SSSR count). The monoisotopic (exact) mass is 744 g/mol. The summed E-state index contributed by atoms with van der Waals surface area (Å²) in [7, 11) is 2.13. The van der Waals surface area contributed by atoms with Crippen LogP contribution in [0.5, 0.6) is 0 Å². The van der Waals surface area contributed by atoms with Crippen molar-refractivity contribution in [1.29, 1.82) is 10.8 Å². The lowest BCUT2D eigenvalue weighted by atomic mass is 10.1. The fraction of sp³-hybridized carbons (Fsp3) is 0.897. The molecule has 11 heteroatoms. The third-order valence-electron chi connectivity index (χ3n) is 8.46. The minimum absolute atomic E-state index is 0.0820. The quantitative estimate of drug-likeness (QED) is 0.0212. The Morgan fingerprint density at radius 2 is 0.900 bits per heavy atom. The van der Waals surface area contributed by atoms with Crippen LogP contribution in [-0.4, -0.2) is 98.0 Å². The first-order chi connectivity index (χ1) is 24.4. The first-order valence-electron chi connectivity index (χ1n) is 20.2. The largest absolute Gasteiger partial charge is 0.466 e. The summed E-state index contributed by atoms with van der Waals surface area (Å²) in [6.45, 7) is 9.15. The third kappa shape index (κ3) is 37.8. The molecule has 0 aromatic rings. The molecule has 294 valence electrons. The van der Waals surface area contributed by atoms with E-state index in [1.807, 2.05) is 0 Å². The van der Waals surface area contributed by atoms with Gasteiger partial charge in [0.25, 0.3) is 0 Å². The van der Waals surface area contributed by atoms with Crippen LogP contribution in [0.15, 0.2) is 0 Å². The molecule has 0 aromatic heterocycles. The van der Waals surface area contributed by atoms with Crippen molar-refractivity contribution in [2.24, 2.45) is 0 Å². The van der Waals surface area contributed by atoms with Gasteiger partial charge in [0.15, 0.2) is 0 Å². The number of nitrogens with zero attached hydrogens (tertiary/aromatic N) is 1. The lowest BCUT2D eigenvalue weighted by Gasteiger charge is -2.17. The highest BCUT2D eigenvalue weighted by molar-refractivity contribution is 7.99. The fourth-order valence-electron chi connectivity index (χ4n) is 5.32. The number of thioether (sulfide) groups is 2. The minimum atomic E-state index is -0.0820. The maximum atomic E-state index is 11.9. The molecule has 0 aliphatic carbocycles. The van der Waals surface area contributed by atoms with Gasteiger partial charge in [0, 0.05) is 37.4 Å². The van der Waals surface area contributed by atoms with Gasteiger partial charge in [-0.3, -0.25) is 20.4 Å². The summed E-state index contributed by atoms with van der Waals surface area (Å²) < 4.78 is 10.7. The zero-order chi connectivity index (χ0) is 36.8. The van der Waals surface area contributed by atoms with Gasteiger partial charge in [-0.25, -0.2) is 0 Å². The van der Waals surface area contributed by atoms with Crippen molar-refractivity contribution >= 4 is 47.1 Å². The van der Waals surface area contributed by atoms with E-state index in [0.29, 0.717) is 37.7 Å². The van der Waals surface area contributed by atoms with Gasteiger partial charge in [0.05, 0.1) is 37.7 Å². The van der Waals surface area contributed by atoms with Crippen LogP contribution in [0.3, 0.4) is 0 Å². The van der Waals surface area contributed by atoms with Crippen LogP contribution in [0.4, 0.5) is 0 Å². The maximum absolute atomic E-state index is 11.9. The molecule has 0 radical (unpaired) electrons. The molecule has 0 aliphatic heterocycles. The van der Waals surface area contributed by atoms with Crippen LogP contribution in [0.2, 0.25) is 0 Å². The fourth-order valence-corrected chi connectivity index (χ4v) is 7.04. The van der Waals surface area contributed by atoms with Crippen LogP contribution in [0.25, 0.3) is 0 Å². The summed E-state index contributed by atoms with van der Waals surface area (Å²) in [4.78, 5) is 26.1. The van der Waals surface area contributed by atoms with Crippen molar-refractivity contribution < 1.29 is 19.1 Å². The molecule has 0 saturated carbocycles. The smallest absolute Gasteiger partial charge is 0.306 e. The number of carbonyl (C=O) groups excluding carboxylic acids is 2. The van der Waals surface area contributed by atoms with Gasteiger partial charge in [-0.15, -0.1) is 0 Å². The first kappa shape index (κ1) is 48.5. The lowest BCUT2D eigenvalue weighted by molar-refractivity contribution is -0.144. The minimum Gasteiger partial charge on any atom is -0.466 e. The number of amidine groups is 2. The molecule has 0 aromatic carbocycles. The van der Waals surface area contributed by atoms with Crippen LogP contribution < -0.4 is 10.6 Å². The number of unbranched alkanes of at least 4 members (excludes halogenated alkanes) is 12. The zero-order valence-electron chi connectivity index (χ0n) is 32.5. The SMILES string of the molecule is CCCCCCCCCOC(=O)CCSCCCC(=N)NCCCN(C)CCCNC(=N)CCCSCCC(=O)OCCCCCCCCC. The van der Waals surface area contributed by atoms with Gasteiger partial charge in [0.2, 0.25) is 0 Å². The van der Waals surface area contributed by atoms with Crippen LogP contribution in [0.1, 0.15) is 155 Å². The standard InChI is InChI=1S/C39H77N5O4S2/c1-4-6-8-10-12-14-16-30-47-38(45)24-34-49-32-18-22-36(40)42-26-20-28-44(3)29-21-27-43-37(41)23-19-33-50-35-25-39(46)48-31-17-15-13-11-9-7-5-2/h4-35H2,1-3H3,(H2,40,42)(H2,41,43). The number of hydrogen-bond acceptors (Lipinski definition) is 9. The van der Waals surface area contributed by atoms with Crippen LogP contribution in [0, 0.1) is 10.8 Å². The zero-order valence-corrected chi connectivity index (χ0v) is 34.2. The van der Waals surface area contributed by atoms with Crippen LogP contribution >= 0.6 is 23.5 Å². The summed E-state index contributed by atoms with van der Waals surface area (Å²) in [6, 6.07) is 0. The second-order valence-electron chi connectivity index (χ2n) is 13.4. The van der Waals surface area contributed by atoms with Gasteiger partial charge < -0.3 is 25.0 Å². The molecular weight excluding hydrogens is 667 g/mol. The molecule has 0 atom stereocenters.